The highest BCUT2D eigenvalue weighted by atomic mass is 79.9. The summed E-state index contributed by atoms with van der Waals surface area (Å²) in [5.74, 6) is 1.64. The molecule has 1 aromatic heterocycles. The lowest BCUT2D eigenvalue weighted by Crippen LogP contribution is -2.05. The molecule has 0 radical (unpaired) electrons. The lowest BCUT2D eigenvalue weighted by molar-refractivity contribution is 0.284. The second-order valence-electron chi connectivity index (χ2n) is 3.58. The van der Waals surface area contributed by atoms with Gasteiger partial charge in [-0.1, -0.05) is 27.2 Å². The molecule has 1 atom stereocenters. The Hall–Kier alpha value is -1.40. The molecule has 0 aliphatic rings. The summed E-state index contributed by atoms with van der Waals surface area (Å²) in [7, 11) is 0. The highest BCUT2D eigenvalue weighted by Crippen LogP contribution is 2.18. The maximum Gasteiger partial charge on any atom is 0.243 e. The largest absolute Gasteiger partial charge is 0.485 e. The minimum Gasteiger partial charge on any atom is -0.485 e. The summed E-state index contributed by atoms with van der Waals surface area (Å²) in [6.07, 6.45) is 0. The summed E-state index contributed by atoms with van der Waals surface area (Å²) < 4.78 is 11.4. The minimum absolute atomic E-state index is 0.257. The van der Waals surface area contributed by atoms with Crippen molar-refractivity contribution in [2.45, 2.75) is 19.6 Å². The van der Waals surface area contributed by atoms with Crippen LogP contribution in [0.25, 0.3) is 0 Å². The lowest BCUT2D eigenvalue weighted by atomic mass is 10.3. The quantitative estimate of drug-likeness (QED) is 0.938. The second-order valence-corrected chi connectivity index (χ2v) is 4.50. The van der Waals surface area contributed by atoms with Crippen molar-refractivity contribution >= 4 is 15.9 Å². The van der Waals surface area contributed by atoms with Crippen molar-refractivity contribution in [3.63, 3.8) is 0 Å². The van der Waals surface area contributed by atoms with E-state index in [2.05, 4.69) is 26.1 Å². The van der Waals surface area contributed by atoms with Gasteiger partial charge in [0.25, 0.3) is 0 Å². The van der Waals surface area contributed by atoms with E-state index in [9.17, 15) is 0 Å². The fraction of sp³-hybridized carbons (Fsp3) is 0.273. The van der Waals surface area contributed by atoms with Crippen LogP contribution in [0, 0.1) is 0 Å². The van der Waals surface area contributed by atoms with Gasteiger partial charge >= 0.3 is 0 Å². The molecule has 0 bridgehead atoms. The van der Waals surface area contributed by atoms with Crippen LogP contribution in [0.5, 0.6) is 5.75 Å². The van der Waals surface area contributed by atoms with Gasteiger partial charge in [-0.25, -0.2) is 0 Å². The van der Waals surface area contributed by atoms with E-state index in [1.54, 1.807) is 6.92 Å². The molecule has 0 spiro atoms. The zero-order chi connectivity index (χ0) is 12.3. The predicted molar refractivity (Wildman–Crippen MR) is 65.4 cm³/mol. The highest BCUT2D eigenvalue weighted by molar-refractivity contribution is 9.10. The minimum atomic E-state index is -0.262. The number of nitrogens with zero attached hydrogens (tertiary/aromatic N) is 2. The average molecular weight is 298 g/mol. The first kappa shape index (κ1) is 12.1. The molecule has 1 unspecified atom stereocenters. The Balaban J connectivity index is 1.97. The number of aromatic nitrogens is 2. The Labute approximate surface area is 107 Å². The van der Waals surface area contributed by atoms with Crippen LogP contribution in [0.1, 0.15) is 24.7 Å². The monoisotopic (exact) mass is 297 g/mol. The summed E-state index contributed by atoms with van der Waals surface area (Å²) >= 11 is 3.37. The molecular formula is C11H12BrN3O2. The number of rotatable bonds is 4. The maximum atomic E-state index is 5.61. The molecular weight excluding hydrogens is 286 g/mol. The molecule has 2 N–H and O–H groups in total. The standard InChI is InChI=1S/C11H12BrN3O2/c1-7(13)11-14-10(15-17-11)6-16-9-4-2-3-8(12)5-9/h2-5,7H,6,13H2,1H3. The van der Waals surface area contributed by atoms with Crippen LogP contribution in [0.15, 0.2) is 33.3 Å². The highest BCUT2D eigenvalue weighted by Gasteiger charge is 2.10. The first-order valence-electron chi connectivity index (χ1n) is 5.11. The van der Waals surface area contributed by atoms with E-state index in [0.717, 1.165) is 10.2 Å². The molecule has 0 fully saturated rings. The van der Waals surface area contributed by atoms with Crippen molar-refractivity contribution in [2.24, 2.45) is 5.73 Å². The zero-order valence-electron chi connectivity index (χ0n) is 9.26. The second kappa shape index (κ2) is 5.29. The van der Waals surface area contributed by atoms with E-state index in [1.807, 2.05) is 24.3 Å². The van der Waals surface area contributed by atoms with Crippen LogP contribution in [-0.4, -0.2) is 10.1 Å². The molecule has 0 amide bonds. The Bertz CT molecular complexity index is 499. The van der Waals surface area contributed by atoms with Crippen molar-refractivity contribution in [3.8, 4) is 5.75 Å². The Morgan fingerprint density at radius 1 is 1.53 bits per heavy atom. The third-order valence-electron chi connectivity index (χ3n) is 2.04. The molecule has 2 aromatic rings. The topological polar surface area (TPSA) is 74.2 Å². The number of hydrogen-bond donors (Lipinski definition) is 1. The van der Waals surface area contributed by atoms with Gasteiger partial charge in [-0.3, -0.25) is 0 Å². The summed E-state index contributed by atoms with van der Waals surface area (Å²) in [5, 5.41) is 3.77. The summed E-state index contributed by atoms with van der Waals surface area (Å²) in [6.45, 7) is 2.04. The van der Waals surface area contributed by atoms with E-state index in [-0.39, 0.29) is 12.6 Å². The number of hydrogen-bond acceptors (Lipinski definition) is 5. The summed E-state index contributed by atoms with van der Waals surface area (Å²) in [6, 6.07) is 7.28. The molecule has 1 aromatic carbocycles. The van der Waals surface area contributed by atoms with Gasteiger partial charge in [-0.2, -0.15) is 4.98 Å². The first-order chi connectivity index (χ1) is 8.15. The SMILES string of the molecule is CC(N)c1nc(COc2cccc(Br)c2)no1. The number of halogens is 1. The van der Waals surface area contributed by atoms with E-state index in [4.69, 9.17) is 15.0 Å². The molecule has 5 nitrogen and oxygen atoms in total. The molecule has 0 saturated carbocycles. The van der Waals surface area contributed by atoms with Crippen LogP contribution in [0.3, 0.4) is 0 Å². The molecule has 6 heteroatoms. The van der Waals surface area contributed by atoms with Crippen molar-refractivity contribution < 1.29 is 9.26 Å². The molecule has 0 saturated heterocycles. The Kier molecular flexibility index (Phi) is 3.75. The number of benzene rings is 1. The third-order valence-corrected chi connectivity index (χ3v) is 2.53. The van der Waals surface area contributed by atoms with E-state index < -0.39 is 0 Å². The fourth-order valence-electron chi connectivity index (χ4n) is 1.22. The first-order valence-corrected chi connectivity index (χ1v) is 5.91. The molecule has 0 aliphatic carbocycles. The molecule has 90 valence electrons. The molecule has 2 rings (SSSR count). The predicted octanol–water partition coefficient (Wildman–Crippen LogP) is 2.43. The van der Waals surface area contributed by atoms with Crippen LogP contribution in [0.4, 0.5) is 0 Å². The number of ether oxygens (including phenoxy) is 1. The van der Waals surface area contributed by atoms with Gasteiger partial charge in [0.1, 0.15) is 5.75 Å². The molecule has 17 heavy (non-hydrogen) atoms. The number of nitrogens with two attached hydrogens (primary N) is 1. The van der Waals surface area contributed by atoms with Gasteiger partial charge < -0.3 is 15.0 Å². The van der Waals surface area contributed by atoms with Gasteiger partial charge in [0, 0.05) is 4.47 Å². The normalized spacial score (nSPS) is 12.4. The fourth-order valence-corrected chi connectivity index (χ4v) is 1.59. The van der Waals surface area contributed by atoms with Gasteiger partial charge in [0.2, 0.25) is 11.7 Å². The van der Waals surface area contributed by atoms with Crippen LogP contribution >= 0.6 is 15.9 Å². The smallest absolute Gasteiger partial charge is 0.243 e. The molecule has 1 heterocycles. The lowest BCUT2D eigenvalue weighted by Gasteiger charge is -2.02. The van der Waals surface area contributed by atoms with Crippen LogP contribution in [-0.2, 0) is 6.61 Å². The van der Waals surface area contributed by atoms with E-state index in [1.165, 1.54) is 0 Å². The van der Waals surface area contributed by atoms with Gasteiger partial charge in [0.15, 0.2) is 6.61 Å². The van der Waals surface area contributed by atoms with Gasteiger partial charge in [-0.15, -0.1) is 0 Å². The van der Waals surface area contributed by atoms with Crippen molar-refractivity contribution in [2.75, 3.05) is 0 Å². The summed E-state index contributed by atoms with van der Waals surface area (Å²) in [5.41, 5.74) is 5.61. The summed E-state index contributed by atoms with van der Waals surface area (Å²) in [4.78, 5) is 4.11. The third kappa shape index (κ3) is 3.28. The zero-order valence-corrected chi connectivity index (χ0v) is 10.8. The maximum absolute atomic E-state index is 5.61. The average Bonchev–Trinajstić information content (AvgIpc) is 2.75. The van der Waals surface area contributed by atoms with Gasteiger partial charge in [0.05, 0.1) is 6.04 Å². The van der Waals surface area contributed by atoms with Crippen LogP contribution in [0.2, 0.25) is 0 Å². The van der Waals surface area contributed by atoms with E-state index in [0.29, 0.717) is 11.7 Å². The van der Waals surface area contributed by atoms with Crippen molar-refractivity contribution in [1.29, 1.82) is 0 Å². The Morgan fingerprint density at radius 2 is 2.35 bits per heavy atom. The van der Waals surface area contributed by atoms with Crippen molar-refractivity contribution in [1.82, 2.24) is 10.1 Å². The van der Waals surface area contributed by atoms with Gasteiger partial charge in [-0.05, 0) is 25.1 Å². The molecule has 0 aliphatic heterocycles. The Morgan fingerprint density at radius 3 is 3.00 bits per heavy atom. The van der Waals surface area contributed by atoms with Crippen molar-refractivity contribution in [3.05, 3.63) is 40.5 Å². The van der Waals surface area contributed by atoms with E-state index >= 15 is 0 Å². The van der Waals surface area contributed by atoms with Crippen LogP contribution < -0.4 is 10.5 Å².